The standard InChI is InChI=1S/C22H28N2O3S/c1-22(20-7-4-3-5-8-20)14-6-16-24(17-22)21(25)19-11-9-18(10-12-19)13-15-23-28(2,26)27/h3-5,7-12,23H,6,13-17H2,1-2H3. The molecule has 2 aromatic carbocycles. The van der Waals surface area contributed by atoms with Crippen LogP contribution in [-0.4, -0.2) is 45.1 Å². The number of hydrogen-bond acceptors (Lipinski definition) is 3. The lowest BCUT2D eigenvalue weighted by molar-refractivity contribution is 0.0651. The Morgan fingerprint density at radius 3 is 2.43 bits per heavy atom. The molecule has 1 atom stereocenters. The van der Waals surface area contributed by atoms with Gasteiger partial charge in [0.1, 0.15) is 0 Å². The Morgan fingerprint density at radius 1 is 1.11 bits per heavy atom. The van der Waals surface area contributed by atoms with E-state index in [9.17, 15) is 13.2 Å². The van der Waals surface area contributed by atoms with Crippen molar-refractivity contribution in [2.24, 2.45) is 0 Å². The van der Waals surface area contributed by atoms with E-state index in [-0.39, 0.29) is 11.3 Å². The minimum atomic E-state index is -3.18. The van der Waals surface area contributed by atoms with Crippen molar-refractivity contribution in [2.75, 3.05) is 25.9 Å². The molecule has 150 valence electrons. The van der Waals surface area contributed by atoms with E-state index in [2.05, 4.69) is 35.9 Å². The van der Waals surface area contributed by atoms with Gasteiger partial charge in [0, 0.05) is 30.6 Å². The van der Waals surface area contributed by atoms with Crippen molar-refractivity contribution < 1.29 is 13.2 Å². The van der Waals surface area contributed by atoms with Crippen LogP contribution in [0.15, 0.2) is 54.6 Å². The van der Waals surface area contributed by atoms with E-state index in [4.69, 9.17) is 0 Å². The molecule has 1 unspecified atom stereocenters. The molecule has 5 nitrogen and oxygen atoms in total. The Labute approximate surface area is 167 Å². The Hall–Kier alpha value is -2.18. The lowest BCUT2D eigenvalue weighted by Gasteiger charge is -2.41. The van der Waals surface area contributed by atoms with Crippen LogP contribution in [0, 0.1) is 0 Å². The number of amides is 1. The number of hydrogen-bond donors (Lipinski definition) is 1. The summed E-state index contributed by atoms with van der Waals surface area (Å²) in [6.45, 7) is 4.09. The second kappa shape index (κ2) is 8.45. The van der Waals surface area contributed by atoms with Gasteiger partial charge in [-0.3, -0.25) is 4.79 Å². The molecule has 0 aliphatic carbocycles. The molecule has 0 saturated carbocycles. The summed E-state index contributed by atoms with van der Waals surface area (Å²) in [7, 11) is -3.18. The van der Waals surface area contributed by atoms with Crippen LogP contribution in [0.2, 0.25) is 0 Å². The minimum absolute atomic E-state index is 0.0214. The SMILES string of the molecule is CC1(c2ccccc2)CCCN(C(=O)c2ccc(CCNS(C)(=O)=O)cc2)C1. The normalized spacial score (nSPS) is 20.1. The Morgan fingerprint density at radius 2 is 1.79 bits per heavy atom. The number of piperidine rings is 1. The van der Waals surface area contributed by atoms with Gasteiger partial charge in [0.25, 0.3) is 5.91 Å². The van der Waals surface area contributed by atoms with Crippen molar-refractivity contribution in [3.63, 3.8) is 0 Å². The van der Waals surface area contributed by atoms with Gasteiger partial charge in [0.15, 0.2) is 0 Å². The summed E-state index contributed by atoms with van der Waals surface area (Å²) in [6.07, 6.45) is 3.81. The molecule has 6 heteroatoms. The summed E-state index contributed by atoms with van der Waals surface area (Å²) in [5.74, 6) is 0.0580. The minimum Gasteiger partial charge on any atom is -0.338 e. The lowest BCUT2D eigenvalue weighted by atomic mass is 9.76. The van der Waals surface area contributed by atoms with E-state index in [0.29, 0.717) is 18.5 Å². The number of nitrogens with zero attached hydrogens (tertiary/aromatic N) is 1. The zero-order chi connectivity index (χ0) is 20.2. The molecule has 1 heterocycles. The second-order valence-electron chi connectivity index (χ2n) is 7.87. The average Bonchev–Trinajstić information content (AvgIpc) is 2.68. The van der Waals surface area contributed by atoms with Crippen LogP contribution in [0.5, 0.6) is 0 Å². The van der Waals surface area contributed by atoms with Gasteiger partial charge in [-0.05, 0) is 42.5 Å². The van der Waals surface area contributed by atoms with Gasteiger partial charge in [-0.15, -0.1) is 0 Å². The molecule has 3 rings (SSSR count). The van der Waals surface area contributed by atoms with Crippen molar-refractivity contribution in [3.05, 3.63) is 71.3 Å². The second-order valence-corrected chi connectivity index (χ2v) is 9.70. The van der Waals surface area contributed by atoms with Crippen LogP contribution >= 0.6 is 0 Å². The summed E-state index contributed by atoms with van der Waals surface area (Å²) >= 11 is 0. The molecule has 0 radical (unpaired) electrons. The molecule has 0 aromatic heterocycles. The van der Waals surface area contributed by atoms with Gasteiger partial charge >= 0.3 is 0 Å². The van der Waals surface area contributed by atoms with Gasteiger partial charge in [-0.25, -0.2) is 13.1 Å². The summed E-state index contributed by atoms with van der Waals surface area (Å²) in [5.41, 5.74) is 2.94. The van der Waals surface area contributed by atoms with Gasteiger partial charge in [-0.1, -0.05) is 49.4 Å². The maximum Gasteiger partial charge on any atom is 0.253 e. The monoisotopic (exact) mass is 400 g/mol. The highest BCUT2D eigenvalue weighted by Crippen LogP contribution is 2.34. The molecular formula is C22H28N2O3S. The largest absolute Gasteiger partial charge is 0.338 e. The molecule has 1 amide bonds. The van der Waals surface area contributed by atoms with Crippen molar-refractivity contribution in [1.29, 1.82) is 0 Å². The number of sulfonamides is 1. The average molecular weight is 401 g/mol. The number of benzene rings is 2. The van der Waals surface area contributed by atoms with Crippen molar-refractivity contribution in [1.82, 2.24) is 9.62 Å². The predicted octanol–water partition coefficient (Wildman–Crippen LogP) is 2.97. The molecule has 1 N–H and O–H groups in total. The van der Waals surface area contributed by atoms with Crippen molar-refractivity contribution in [3.8, 4) is 0 Å². The van der Waals surface area contributed by atoms with E-state index in [1.165, 1.54) is 5.56 Å². The molecule has 1 aliphatic heterocycles. The van der Waals surface area contributed by atoms with Crippen LogP contribution in [0.25, 0.3) is 0 Å². The fourth-order valence-corrected chi connectivity index (χ4v) is 4.34. The smallest absolute Gasteiger partial charge is 0.253 e. The lowest BCUT2D eigenvalue weighted by Crippen LogP contribution is -2.47. The molecular weight excluding hydrogens is 372 g/mol. The molecule has 28 heavy (non-hydrogen) atoms. The first-order valence-electron chi connectivity index (χ1n) is 9.65. The number of likely N-dealkylation sites (tertiary alicyclic amines) is 1. The number of nitrogens with one attached hydrogen (secondary N) is 1. The van der Waals surface area contributed by atoms with E-state index in [1.54, 1.807) is 0 Å². The highest BCUT2D eigenvalue weighted by Gasteiger charge is 2.34. The third kappa shape index (κ3) is 5.20. The summed E-state index contributed by atoms with van der Waals surface area (Å²) in [5, 5.41) is 0. The maximum atomic E-state index is 13.0. The van der Waals surface area contributed by atoms with Crippen LogP contribution in [-0.2, 0) is 21.9 Å². The molecule has 0 spiro atoms. The van der Waals surface area contributed by atoms with Crippen LogP contribution in [0.4, 0.5) is 0 Å². The predicted molar refractivity (Wildman–Crippen MR) is 112 cm³/mol. The fraction of sp³-hybridized carbons (Fsp3) is 0.409. The topological polar surface area (TPSA) is 66.5 Å². The first-order valence-corrected chi connectivity index (χ1v) is 11.5. The molecule has 1 aliphatic rings. The van der Waals surface area contributed by atoms with Crippen LogP contribution < -0.4 is 4.72 Å². The van der Waals surface area contributed by atoms with E-state index in [1.807, 2.05) is 35.2 Å². The van der Waals surface area contributed by atoms with Gasteiger partial charge < -0.3 is 4.90 Å². The van der Waals surface area contributed by atoms with Crippen molar-refractivity contribution in [2.45, 2.75) is 31.6 Å². The first kappa shape index (κ1) is 20.6. The van der Waals surface area contributed by atoms with E-state index in [0.717, 1.165) is 37.8 Å². The molecule has 0 bridgehead atoms. The first-order chi connectivity index (χ1) is 13.3. The van der Waals surface area contributed by atoms with Gasteiger partial charge in [-0.2, -0.15) is 0 Å². The van der Waals surface area contributed by atoms with Gasteiger partial charge in [0.2, 0.25) is 10.0 Å². The fourth-order valence-electron chi connectivity index (χ4n) is 3.87. The highest BCUT2D eigenvalue weighted by atomic mass is 32.2. The zero-order valence-electron chi connectivity index (χ0n) is 16.5. The molecule has 1 saturated heterocycles. The number of carbonyl (C=O) groups excluding carboxylic acids is 1. The zero-order valence-corrected chi connectivity index (χ0v) is 17.3. The van der Waals surface area contributed by atoms with Gasteiger partial charge in [0.05, 0.1) is 6.26 Å². The Balaban J connectivity index is 1.65. The Bertz CT molecular complexity index is 911. The third-order valence-corrected chi connectivity index (χ3v) is 6.16. The molecule has 1 fully saturated rings. The summed E-state index contributed by atoms with van der Waals surface area (Å²) in [6, 6.07) is 17.9. The number of rotatable bonds is 6. The number of carbonyl (C=O) groups is 1. The highest BCUT2D eigenvalue weighted by molar-refractivity contribution is 7.88. The van der Waals surface area contributed by atoms with Crippen LogP contribution in [0.3, 0.4) is 0 Å². The van der Waals surface area contributed by atoms with E-state index < -0.39 is 10.0 Å². The van der Waals surface area contributed by atoms with E-state index >= 15 is 0 Å². The third-order valence-electron chi connectivity index (χ3n) is 5.43. The van der Waals surface area contributed by atoms with Crippen molar-refractivity contribution >= 4 is 15.9 Å². The van der Waals surface area contributed by atoms with Crippen LogP contribution in [0.1, 0.15) is 41.3 Å². The maximum absolute atomic E-state index is 13.0. The quantitative estimate of drug-likeness (QED) is 0.811. The summed E-state index contributed by atoms with van der Waals surface area (Å²) in [4.78, 5) is 15.0. The Kier molecular flexibility index (Phi) is 6.20. The molecule has 2 aromatic rings. The summed E-state index contributed by atoms with van der Waals surface area (Å²) < 4.78 is 24.7.